The van der Waals surface area contributed by atoms with E-state index in [1.165, 1.54) is 11.0 Å². The average Bonchev–Trinajstić information content (AvgIpc) is 2.59. The Kier molecular flexibility index (Phi) is 6.07. The highest BCUT2D eigenvalue weighted by Gasteiger charge is 2.20. The molecule has 1 aromatic carbocycles. The van der Waals surface area contributed by atoms with Gasteiger partial charge in [-0.1, -0.05) is 0 Å². The molecule has 0 aliphatic rings. The molecule has 0 radical (unpaired) electrons. The zero-order valence-electron chi connectivity index (χ0n) is 15.2. The number of nitrogens with zero attached hydrogens (tertiary/aromatic N) is 3. The Labute approximate surface area is 150 Å². The summed E-state index contributed by atoms with van der Waals surface area (Å²) in [5, 5.41) is 0.286. The Morgan fingerprint density at radius 2 is 1.77 bits per heavy atom. The summed E-state index contributed by atoms with van der Waals surface area (Å²) >= 11 is 0. The predicted octanol–water partition coefficient (Wildman–Crippen LogP) is 2.60. The molecule has 0 saturated carbocycles. The van der Waals surface area contributed by atoms with Crippen molar-refractivity contribution >= 4 is 28.6 Å². The first-order valence-corrected chi connectivity index (χ1v) is 8.12. The van der Waals surface area contributed by atoms with E-state index in [4.69, 9.17) is 4.74 Å². The number of anilines is 1. The zero-order valence-corrected chi connectivity index (χ0v) is 15.2. The standard InChI is InChI=1S/C18H21F2N3O3/c1-5-26-18(25)12-8-11-9-13(19)14(20)10-15(11)21-17(12)23(4)7-6-16(24)22(2)3/h8-10H,5-7H2,1-4H3. The summed E-state index contributed by atoms with van der Waals surface area (Å²) in [7, 11) is 4.97. The van der Waals surface area contributed by atoms with Crippen LogP contribution < -0.4 is 4.90 Å². The van der Waals surface area contributed by atoms with Gasteiger partial charge in [-0.3, -0.25) is 4.79 Å². The average molecular weight is 365 g/mol. The third-order valence-electron chi connectivity index (χ3n) is 3.85. The first-order valence-electron chi connectivity index (χ1n) is 8.12. The maximum absolute atomic E-state index is 13.5. The highest BCUT2D eigenvalue weighted by Crippen LogP contribution is 2.26. The van der Waals surface area contributed by atoms with E-state index in [0.717, 1.165) is 12.1 Å². The van der Waals surface area contributed by atoms with E-state index in [9.17, 15) is 18.4 Å². The summed E-state index contributed by atoms with van der Waals surface area (Å²) in [6, 6.07) is 3.38. The molecule has 140 valence electrons. The Hall–Kier alpha value is -2.77. The van der Waals surface area contributed by atoms with E-state index in [-0.39, 0.29) is 41.2 Å². The molecule has 0 atom stereocenters. The second kappa shape index (κ2) is 8.07. The molecule has 0 aliphatic heterocycles. The van der Waals surface area contributed by atoms with Crippen LogP contribution in [0.15, 0.2) is 18.2 Å². The van der Waals surface area contributed by atoms with Crippen LogP contribution in [0.1, 0.15) is 23.7 Å². The molecule has 2 rings (SSSR count). The lowest BCUT2D eigenvalue weighted by Gasteiger charge is -2.22. The molecule has 1 heterocycles. The molecule has 0 fully saturated rings. The fourth-order valence-electron chi connectivity index (χ4n) is 2.40. The number of carbonyl (C=O) groups excluding carboxylic acids is 2. The minimum absolute atomic E-state index is 0.0801. The van der Waals surface area contributed by atoms with E-state index in [1.54, 1.807) is 33.0 Å². The lowest BCUT2D eigenvalue weighted by atomic mass is 10.1. The van der Waals surface area contributed by atoms with Crippen LogP contribution in [0.2, 0.25) is 0 Å². The molecule has 0 bridgehead atoms. The van der Waals surface area contributed by atoms with Gasteiger partial charge in [0.1, 0.15) is 11.4 Å². The van der Waals surface area contributed by atoms with Crippen LogP contribution in [0.25, 0.3) is 10.9 Å². The summed E-state index contributed by atoms with van der Waals surface area (Å²) in [6.45, 7) is 2.13. The van der Waals surface area contributed by atoms with E-state index >= 15 is 0 Å². The van der Waals surface area contributed by atoms with Gasteiger partial charge in [-0.15, -0.1) is 0 Å². The number of hydrogen-bond donors (Lipinski definition) is 0. The number of carbonyl (C=O) groups is 2. The second-order valence-corrected chi connectivity index (χ2v) is 6.00. The number of hydrogen-bond acceptors (Lipinski definition) is 5. The number of benzene rings is 1. The van der Waals surface area contributed by atoms with Crippen LogP contribution in [0, 0.1) is 11.6 Å². The summed E-state index contributed by atoms with van der Waals surface area (Å²) in [6.07, 6.45) is 0.212. The second-order valence-electron chi connectivity index (χ2n) is 6.00. The molecule has 6 nitrogen and oxygen atoms in total. The number of pyridine rings is 1. The number of rotatable bonds is 6. The Balaban J connectivity index is 2.46. The first-order chi connectivity index (χ1) is 12.2. The number of fused-ring (bicyclic) bond motifs is 1. The van der Waals surface area contributed by atoms with Crippen LogP contribution in [0.3, 0.4) is 0 Å². The largest absolute Gasteiger partial charge is 0.462 e. The molecule has 0 spiro atoms. The number of amides is 1. The molecule has 2 aromatic rings. The van der Waals surface area contributed by atoms with Crippen LogP contribution in [-0.2, 0) is 9.53 Å². The van der Waals surface area contributed by atoms with Crippen molar-refractivity contribution in [1.82, 2.24) is 9.88 Å². The van der Waals surface area contributed by atoms with Crippen LogP contribution in [0.4, 0.5) is 14.6 Å². The highest BCUT2D eigenvalue weighted by molar-refractivity contribution is 5.99. The van der Waals surface area contributed by atoms with Crippen molar-refractivity contribution < 1.29 is 23.1 Å². The van der Waals surface area contributed by atoms with Gasteiger partial charge in [0.25, 0.3) is 0 Å². The van der Waals surface area contributed by atoms with Gasteiger partial charge < -0.3 is 14.5 Å². The topological polar surface area (TPSA) is 62.7 Å². The summed E-state index contributed by atoms with van der Waals surface area (Å²) in [5.74, 6) is -2.50. The molecule has 0 aliphatic carbocycles. The lowest BCUT2D eigenvalue weighted by Crippen LogP contribution is -2.29. The molecule has 1 amide bonds. The smallest absolute Gasteiger partial charge is 0.341 e. The van der Waals surface area contributed by atoms with Crippen molar-refractivity contribution in [3.05, 3.63) is 35.4 Å². The third kappa shape index (κ3) is 4.25. The van der Waals surface area contributed by atoms with Crippen LogP contribution in [0.5, 0.6) is 0 Å². The van der Waals surface area contributed by atoms with Gasteiger partial charge in [0, 0.05) is 45.6 Å². The molecule has 26 heavy (non-hydrogen) atoms. The summed E-state index contributed by atoms with van der Waals surface area (Å²) < 4.78 is 32.1. The Morgan fingerprint density at radius 1 is 1.12 bits per heavy atom. The third-order valence-corrected chi connectivity index (χ3v) is 3.85. The Morgan fingerprint density at radius 3 is 2.38 bits per heavy atom. The molecule has 1 aromatic heterocycles. The first kappa shape index (κ1) is 19.6. The van der Waals surface area contributed by atoms with Crippen LogP contribution >= 0.6 is 0 Å². The predicted molar refractivity (Wildman–Crippen MR) is 94.2 cm³/mol. The quantitative estimate of drug-likeness (QED) is 0.737. The monoisotopic (exact) mass is 365 g/mol. The maximum atomic E-state index is 13.5. The van der Waals surface area contributed by atoms with Crippen molar-refractivity contribution in [1.29, 1.82) is 0 Å². The van der Waals surface area contributed by atoms with E-state index in [2.05, 4.69) is 4.98 Å². The normalized spacial score (nSPS) is 10.7. The fraction of sp³-hybridized carbons (Fsp3) is 0.389. The van der Waals surface area contributed by atoms with E-state index < -0.39 is 17.6 Å². The van der Waals surface area contributed by atoms with Gasteiger partial charge in [0.05, 0.1) is 12.1 Å². The van der Waals surface area contributed by atoms with Crippen molar-refractivity contribution in [2.45, 2.75) is 13.3 Å². The van der Waals surface area contributed by atoms with Gasteiger partial charge in [0.2, 0.25) is 5.91 Å². The fourth-order valence-corrected chi connectivity index (χ4v) is 2.40. The van der Waals surface area contributed by atoms with Crippen molar-refractivity contribution in [2.24, 2.45) is 0 Å². The molecule has 0 unspecified atom stereocenters. The Bertz CT molecular complexity index is 840. The minimum atomic E-state index is -1.02. The van der Waals surface area contributed by atoms with Gasteiger partial charge in [-0.05, 0) is 19.1 Å². The van der Waals surface area contributed by atoms with E-state index in [1.807, 2.05) is 0 Å². The van der Waals surface area contributed by atoms with Gasteiger partial charge in [0.15, 0.2) is 11.6 Å². The van der Waals surface area contributed by atoms with Gasteiger partial charge in [-0.2, -0.15) is 0 Å². The van der Waals surface area contributed by atoms with Crippen molar-refractivity contribution in [3.8, 4) is 0 Å². The highest BCUT2D eigenvalue weighted by atomic mass is 19.2. The van der Waals surface area contributed by atoms with Gasteiger partial charge >= 0.3 is 5.97 Å². The van der Waals surface area contributed by atoms with Crippen molar-refractivity contribution in [3.63, 3.8) is 0 Å². The minimum Gasteiger partial charge on any atom is -0.462 e. The summed E-state index contributed by atoms with van der Waals surface area (Å²) in [4.78, 5) is 31.5. The van der Waals surface area contributed by atoms with E-state index in [0.29, 0.717) is 6.54 Å². The van der Waals surface area contributed by atoms with Crippen molar-refractivity contribution in [2.75, 3.05) is 39.2 Å². The lowest BCUT2D eigenvalue weighted by molar-refractivity contribution is -0.128. The number of esters is 1. The SMILES string of the molecule is CCOC(=O)c1cc2cc(F)c(F)cc2nc1N(C)CCC(=O)N(C)C. The summed E-state index contributed by atoms with van der Waals surface area (Å²) in [5.41, 5.74) is 0.336. The maximum Gasteiger partial charge on any atom is 0.341 e. The van der Waals surface area contributed by atoms with Crippen LogP contribution in [-0.4, -0.2) is 56.1 Å². The number of halogens is 2. The number of aromatic nitrogens is 1. The molecule has 0 N–H and O–H groups in total. The molecular weight excluding hydrogens is 344 g/mol. The van der Waals surface area contributed by atoms with Gasteiger partial charge in [-0.25, -0.2) is 18.6 Å². The molecular formula is C18H21F2N3O3. The number of ether oxygens (including phenoxy) is 1. The zero-order chi connectivity index (χ0) is 19.4. The molecule has 8 heteroatoms. The molecule has 0 saturated heterocycles.